The van der Waals surface area contributed by atoms with Crippen LogP contribution in [0.2, 0.25) is 0 Å². The minimum absolute atomic E-state index is 0.491. The lowest BCUT2D eigenvalue weighted by Crippen LogP contribution is -2.14. The Hall–Kier alpha value is -1.55. The van der Waals surface area contributed by atoms with Crippen molar-refractivity contribution in [2.24, 2.45) is 0 Å². The fraction of sp³-hybridized carbons (Fsp3) is 0.357. The van der Waals surface area contributed by atoms with E-state index in [2.05, 4.69) is 30.2 Å². The van der Waals surface area contributed by atoms with Gasteiger partial charge in [-0.25, -0.2) is 4.98 Å². The quantitative estimate of drug-likeness (QED) is 0.841. The molecule has 0 saturated heterocycles. The SMILES string of the molecule is CC(C)c1csc(N2Cc3cccc(N)c3C2)n1. The van der Waals surface area contributed by atoms with Crippen LogP contribution in [0.3, 0.4) is 0 Å². The van der Waals surface area contributed by atoms with Crippen LogP contribution >= 0.6 is 11.3 Å². The number of hydrogen-bond acceptors (Lipinski definition) is 4. The Morgan fingerprint density at radius 2 is 2.17 bits per heavy atom. The van der Waals surface area contributed by atoms with Gasteiger partial charge in [0.25, 0.3) is 0 Å². The average molecular weight is 259 g/mol. The highest BCUT2D eigenvalue weighted by Gasteiger charge is 2.23. The molecule has 0 atom stereocenters. The smallest absolute Gasteiger partial charge is 0.186 e. The third kappa shape index (κ3) is 1.86. The van der Waals surface area contributed by atoms with Gasteiger partial charge in [0.2, 0.25) is 0 Å². The van der Waals surface area contributed by atoms with Crippen molar-refractivity contribution in [2.75, 3.05) is 10.6 Å². The molecule has 0 spiro atoms. The molecule has 0 saturated carbocycles. The molecule has 0 radical (unpaired) electrons. The first-order valence-electron chi connectivity index (χ1n) is 6.21. The zero-order valence-electron chi connectivity index (χ0n) is 10.7. The summed E-state index contributed by atoms with van der Waals surface area (Å²) in [4.78, 5) is 7.01. The minimum Gasteiger partial charge on any atom is -0.398 e. The monoisotopic (exact) mass is 259 g/mol. The molecule has 1 aromatic carbocycles. The van der Waals surface area contributed by atoms with E-state index in [0.717, 1.165) is 23.9 Å². The van der Waals surface area contributed by atoms with Crippen LogP contribution in [-0.2, 0) is 13.1 Å². The lowest BCUT2D eigenvalue weighted by atomic mass is 10.1. The summed E-state index contributed by atoms with van der Waals surface area (Å²) in [5.74, 6) is 0.491. The summed E-state index contributed by atoms with van der Waals surface area (Å²) >= 11 is 1.73. The molecule has 1 aliphatic heterocycles. The summed E-state index contributed by atoms with van der Waals surface area (Å²) in [5, 5.41) is 3.26. The number of nitrogens with zero attached hydrogens (tertiary/aromatic N) is 2. The molecule has 2 heterocycles. The molecule has 0 bridgehead atoms. The minimum atomic E-state index is 0.491. The first-order chi connectivity index (χ1) is 8.65. The summed E-state index contributed by atoms with van der Waals surface area (Å²) in [5.41, 5.74) is 10.7. The molecule has 3 nitrogen and oxygen atoms in total. The topological polar surface area (TPSA) is 42.1 Å². The van der Waals surface area contributed by atoms with E-state index in [1.807, 2.05) is 12.1 Å². The lowest BCUT2D eigenvalue weighted by Gasteiger charge is -2.13. The number of aromatic nitrogens is 1. The number of nitrogens with two attached hydrogens (primary N) is 1. The van der Waals surface area contributed by atoms with Gasteiger partial charge in [0.05, 0.1) is 5.69 Å². The summed E-state index contributed by atoms with van der Waals surface area (Å²) in [6, 6.07) is 6.16. The van der Waals surface area contributed by atoms with Gasteiger partial charge in [0, 0.05) is 24.2 Å². The van der Waals surface area contributed by atoms with E-state index in [9.17, 15) is 0 Å². The number of benzene rings is 1. The van der Waals surface area contributed by atoms with Gasteiger partial charge in [-0.15, -0.1) is 11.3 Å². The molecule has 2 aromatic rings. The summed E-state index contributed by atoms with van der Waals surface area (Å²) < 4.78 is 0. The van der Waals surface area contributed by atoms with Crippen LogP contribution in [0.4, 0.5) is 10.8 Å². The number of anilines is 2. The second kappa shape index (κ2) is 4.28. The van der Waals surface area contributed by atoms with Gasteiger partial charge in [-0.3, -0.25) is 0 Å². The number of fused-ring (bicyclic) bond motifs is 1. The molecule has 0 amide bonds. The van der Waals surface area contributed by atoms with Crippen molar-refractivity contribution in [3.63, 3.8) is 0 Å². The van der Waals surface area contributed by atoms with Gasteiger partial charge in [-0.2, -0.15) is 0 Å². The first kappa shape index (κ1) is 11.5. The molecule has 94 valence electrons. The molecule has 0 unspecified atom stereocenters. The largest absolute Gasteiger partial charge is 0.398 e. The van der Waals surface area contributed by atoms with Gasteiger partial charge < -0.3 is 10.6 Å². The van der Waals surface area contributed by atoms with Crippen molar-refractivity contribution < 1.29 is 0 Å². The Labute approximate surface area is 111 Å². The number of rotatable bonds is 2. The van der Waals surface area contributed by atoms with Gasteiger partial charge >= 0.3 is 0 Å². The van der Waals surface area contributed by atoms with Crippen LogP contribution in [0.1, 0.15) is 36.6 Å². The zero-order chi connectivity index (χ0) is 12.7. The van der Waals surface area contributed by atoms with Crippen molar-refractivity contribution >= 4 is 22.2 Å². The van der Waals surface area contributed by atoms with E-state index in [-0.39, 0.29) is 0 Å². The number of nitrogen functional groups attached to an aromatic ring is 1. The second-order valence-electron chi connectivity index (χ2n) is 5.05. The molecule has 4 heteroatoms. The van der Waals surface area contributed by atoms with E-state index in [0.29, 0.717) is 5.92 Å². The second-order valence-corrected chi connectivity index (χ2v) is 5.89. The van der Waals surface area contributed by atoms with Crippen LogP contribution in [-0.4, -0.2) is 4.98 Å². The van der Waals surface area contributed by atoms with Crippen LogP contribution in [0, 0.1) is 0 Å². The third-order valence-corrected chi connectivity index (χ3v) is 4.31. The standard InChI is InChI=1S/C14H17N3S/c1-9(2)13-8-18-14(16-13)17-6-10-4-3-5-12(15)11(10)7-17/h3-5,8-9H,6-7,15H2,1-2H3. The van der Waals surface area contributed by atoms with E-state index in [4.69, 9.17) is 10.7 Å². The Kier molecular flexibility index (Phi) is 2.74. The number of hydrogen-bond donors (Lipinski definition) is 1. The van der Waals surface area contributed by atoms with Crippen molar-refractivity contribution in [3.8, 4) is 0 Å². The highest BCUT2D eigenvalue weighted by molar-refractivity contribution is 7.13. The Morgan fingerprint density at radius 3 is 2.83 bits per heavy atom. The molecular weight excluding hydrogens is 242 g/mol. The molecule has 3 rings (SSSR count). The van der Waals surface area contributed by atoms with Crippen molar-refractivity contribution in [1.82, 2.24) is 4.98 Å². The summed E-state index contributed by atoms with van der Waals surface area (Å²) in [7, 11) is 0. The molecule has 1 aliphatic rings. The predicted molar refractivity (Wildman–Crippen MR) is 76.9 cm³/mol. The Balaban J connectivity index is 1.87. The van der Waals surface area contributed by atoms with Gasteiger partial charge in [-0.1, -0.05) is 26.0 Å². The molecular formula is C14H17N3S. The van der Waals surface area contributed by atoms with Crippen LogP contribution in [0.25, 0.3) is 0 Å². The molecule has 2 N–H and O–H groups in total. The van der Waals surface area contributed by atoms with Crippen LogP contribution < -0.4 is 10.6 Å². The van der Waals surface area contributed by atoms with Gasteiger partial charge in [0.15, 0.2) is 5.13 Å². The normalized spacial score (nSPS) is 14.3. The lowest BCUT2D eigenvalue weighted by molar-refractivity contribution is 0.813. The maximum atomic E-state index is 6.02. The van der Waals surface area contributed by atoms with Gasteiger partial charge in [-0.05, 0) is 23.1 Å². The van der Waals surface area contributed by atoms with Gasteiger partial charge in [0.1, 0.15) is 0 Å². The maximum Gasteiger partial charge on any atom is 0.186 e. The highest BCUT2D eigenvalue weighted by atomic mass is 32.1. The average Bonchev–Trinajstić information content (AvgIpc) is 2.95. The Morgan fingerprint density at radius 1 is 1.33 bits per heavy atom. The van der Waals surface area contributed by atoms with Crippen LogP contribution in [0.15, 0.2) is 23.6 Å². The van der Waals surface area contributed by atoms with E-state index in [1.165, 1.54) is 16.8 Å². The van der Waals surface area contributed by atoms with Crippen molar-refractivity contribution in [3.05, 3.63) is 40.4 Å². The van der Waals surface area contributed by atoms with Crippen LogP contribution in [0.5, 0.6) is 0 Å². The summed E-state index contributed by atoms with van der Waals surface area (Å²) in [6.07, 6.45) is 0. The fourth-order valence-corrected chi connectivity index (χ4v) is 3.26. The first-order valence-corrected chi connectivity index (χ1v) is 7.09. The summed E-state index contributed by atoms with van der Waals surface area (Å²) in [6.45, 7) is 6.16. The van der Waals surface area contributed by atoms with Crippen molar-refractivity contribution in [1.29, 1.82) is 0 Å². The van der Waals surface area contributed by atoms with E-state index >= 15 is 0 Å². The molecule has 18 heavy (non-hydrogen) atoms. The molecule has 0 fully saturated rings. The fourth-order valence-electron chi connectivity index (χ4n) is 2.27. The predicted octanol–water partition coefficient (Wildman–Crippen LogP) is 3.37. The number of thiazole rings is 1. The maximum absolute atomic E-state index is 6.02. The zero-order valence-corrected chi connectivity index (χ0v) is 11.5. The van der Waals surface area contributed by atoms with E-state index < -0.39 is 0 Å². The molecule has 0 aliphatic carbocycles. The molecule has 1 aromatic heterocycles. The van der Waals surface area contributed by atoms with Crippen molar-refractivity contribution in [2.45, 2.75) is 32.9 Å². The highest BCUT2D eigenvalue weighted by Crippen LogP contribution is 2.34. The third-order valence-electron chi connectivity index (χ3n) is 3.39. The Bertz CT molecular complexity index is 574. The van der Waals surface area contributed by atoms with E-state index in [1.54, 1.807) is 11.3 Å².